The summed E-state index contributed by atoms with van der Waals surface area (Å²) in [4.78, 5) is 24.1. The molecule has 0 spiro atoms. The molecule has 0 amide bonds. The molecular weight excluding hydrogens is 366 g/mol. The number of Topliss-reactive ketones (excluding diaryl/α,β-unsaturated/α-hetero) is 1. The molecule has 25 heavy (non-hydrogen) atoms. The van der Waals surface area contributed by atoms with Crippen LogP contribution >= 0.6 is 11.6 Å². The first kappa shape index (κ1) is 19.1. The van der Waals surface area contributed by atoms with Gasteiger partial charge >= 0.3 is 5.97 Å². The summed E-state index contributed by atoms with van der Waals surface area (Å²) in [5.41, 5.74) is 0.288. The van der Waals surface area contributed by atoms with Gasteiger partial charge in [0.2, 0.25) is 10.0 Å². The Morgan fingerprint density at radius 2 is 1.72 bits per heavy atom. The number of halogens is 1. The quantitative estimate of drug-likeness (QED) is 0.567. The molecular formula is C17H16ClNO5S. The van der Waals surface area contributed by atoms with E-state index in [0.29, 0.717) is 5.56 Å². The topological polar surface area (TPSA) is 80.8 Å². The second-order valence-corrected chi connectivity index (χ2v) is 7.85. The number of ether oxygens (including phenoxy) is 1. The van der Waals surface area contributed by atoms with Crippen LogP contribution in [0.5, 0.6) is 0 Å². The molecule has 2 rings (SSSR count). The fourth-order valence-electron chi connectivity index (χ4n) is 1.95. The Bertz CT molecular complexity index is 895. The highest BCUT2D eigenvalue weighted by Gasteiger charge is 2.22. The number of hydrogen-bond acceptors (Lipinski definition) is 5. The number of benzene rings is 2. The van der Waals surface area contributed by atoms with Crippen molar-refractivity contribution in [1.82, 2.24) is 4.31 Å². The minimum absolute atomic E-state index is 0.0369. The maximum absolute atomic E-state index is 12.2. The van der Waals surface area contributed by atoms with Crippen LogP contribution < -0.4 is 0 Å². The third-order valence-corrected chi connectivity index (χ3v) is 5.51. The SMILES string of the molecule is CN(C)S(=O)(=O)c1ccc(Cl)c(C(=O)OCC(=O)c2ccccc2)c1. The molecule has 8 heteroatoms. The van der Waals surface area contributed by atoms with E-state index in [1.165, 1.54) is 26.2 Å². The van der Waals surface area contributed by atoms with Gasteiger partial charge in [-0.3, -0.25) is 4.79 Å². The predicted molar refractivity (Wildman–Crippen MR) is 93.4 cm³/mol. The molecule has 2 aromatic rings. The third kappa shape index (κ3) is 4.45. The number of carbonyl (C=O) groups excluding carboxylic acids is 2. The molecule has 6 nitrogen and oxygen atoms in total. The Kier molecular flexibility index (Phi) is 5.94. The number of nitrogens with zero attached hydrogens (tertiary/aromatic N) is 1. The molecule has 0 radical (unpaired) electrons. The average Bonchev–Trinajstić information content (AvgIpc) is 2.60. The molecule has 0 heterocycles. The van der Waals surface area contributed by atoms with Gasteiger partial charge < -0.3 is 4.74 Å². The molecule has 0 bridgehead atoms. The molecule has 0 aromatic heterocycles. The van der Waals surface area contributed by atoms with E-state index >= 15 is 0 Å². The lowest BCUT2D eigenvalue weighted by Gasteiger charge is -2.13. The average molecular weight is 382 g/mol. The summed E-state index contributed by atoms with van der Waals surface area (Å²) in [6.45, 7) is -0.468. The van der Waals surface area contributed by atoms with E-state index in [1.54, 1.807) is 30.3 Å². The first-order chi connectivity index (χ1) is 11.7. The van der Waals surface area contributed by atoms with E-state index in [1.807, 2.05) is 0 Å². The molecule has 0 fully saturated rings. The lowest BCUT2D eigenvalue weighted by molar-refractivity contribution is 0.0474. The van der Waals surface area contributed by atoms with Crippen molar-refractivity contribution in [2.24, 2.45) is 0 Å². The van der Waals surface area contributed by atoms with Crippen molar-refractivity contribution in [3.63, 3.8) is 0 Å². The van der Waals surface area contributed by atoms with Crippen LogP contribution in [0.3, 0.4) is 0 Å². The number of rotatable bonds is 6. The van der Waals surface area contributed by atoms with Crippen LogP contribution in [0.25, 0.3) is 0 Å². The van der Waals surface area contributed by atoms with Crippen LogP contribution in [0.15, 0.2) is 53.4 Å². The fraction of sp³-hybridized carbons (Fsp3) is 0.176. The smallest absolute Gasteiger partial charge is 0.340 e. The van der Waals surface area contributed by atoms with E-state index in [0.717, 1.165) is 10.4 Å². The standard InChI is InChI=1S/C17H16ClNO5S/c1-19(2)25(22,23)13-8-9-15(18)14(10-13)17(21)24-11-16(20)12-6-4-3-5-7-12/h3-10H,11H2,1-2H3. The van der Waals surface area contributed by atoms with Gasteiger partial charge in [-0.15, -0.1) is 0 Å². The van der Waals surface area contributed by atoms with Crippen molar-refractivity contribution >= 4 is 33.4 Å². The monoisotopic (exact) mass is 381 g/mol. The van der Waals surface area contributed by atoms with Crippen LogP contribution in [0, 0.1) is 0 Å². The molecule has 2 aromatic carbocycles. The highest BCUT2D eigenvalue weighted by molar-refractivity contribution is 7.89. The van der Waals surface area contributed by atoms with Gasteiger partial charge in [0.15, 0.2) is 12.4 Å². The summed E-state index contributed by atoms with van der Waals surface area (Å²) >= 11 is 5.96. The Labute approximate surface area is 151 Å². The summed E-state index contributed by atoms with van der Waals surface area (Å²) in [5, 5.41) is 0.0369. The number of carbonyl (C=O) groups is 2. The molecule has 0 N–H and O–H groups in total. The van der Waals surface area contributed by atoms with E-state index in [-0.39, 0.29) is 21.3 Å². The zero-order chi connectivity index (χ0) is 18.6. The number of sulfonamides is 1. The van der Waals surface area contributed by atoms with Crippen LogP contribution in [0.2, 0.25) is 5.02 Å². The maximum atomic E-state index is 12.2. The normalized spacial score (nSPS) is 11.4. The van der Waals surface area contributed by atoms with Crippen molar-refractivity contribution in [2.75, 3.05) is 20.7 Å². The minimum atomic E-state index is -3.72. The zero-order valence-electron chi connectivity index (χ0n) is 13.6. The maximum Gasteiger partial charge on any atom is 0.340 e. The summed E-state index contributed by atoms with van der Waals surface area (Å²) < 4.78 is 30.3. The van der Waals surface area contributed by atoms with Gasteiger partial charge in [-0.05, 0) is 18.2 Å². The van der Waals surface area contributed by atoms with Crippen molar-refractivity contribution in [2.45, 2.75) is 4.90 Å². The number of hydrogen-bond donors (Lipinski definition) is 0. The van der Waals surface area contributed by atoms with Crippen molar-refractivity contribution in [1.29, 1.82) is 0 Å². The third-order valence-electron chi connectivity index (χ3n) is 3.37. The van der Waals surface area contributed by atoms with Crippen LogP contribution in [-0.2, 0) is 14.8 Å². The molecule has 0 saturated carbocycles. The van der Waals surface area contributed by atoms with Gasteiger partial charge in [-0.1, -0.05) is 41.9 Å². The molecule has 0 atom stereocenters. The van der Waals surface area contributed by atoms with Gasteiger partial charge in [-0.2, -0.15) is 0 Å². The minimum Gasteiger partial charge on any atom is -0.454 e. The van der Waals surface area contributed by atoms with Gasteiger partial charge in [0.05, 0.1) is 15.5 Å². The van der Waals surface area contributed by atoms with E-state index < -0.39 is 22.6 Å². The highest BCUT2D eigenvalue weighted by Crippen LogP contribution is 2.23. The number of ketones is 1. The lowest BCUT2D eigenvalue weighted by Crippen LogP contribution is -2.22. The van der Waals surface area contributed by atoms with Crippen LogP contribution in [0.1, 0.15) is 20.7 Å². The Hall–Kier alpha value is -2.22. The van der Waals surface area contributed by atoms with E-state index in [2.05, 4.69) is 0 Å². The van der Waals surface area contributed by atoms with E-state index in [9.17, 15) is 18.0 Å². The van der Waals surface area contributed by atoms with Gasteiger partial charge in [0.1, 0.15) is 0 Å². The van der Waals surface area contributed by atoms with Gasteiger partial charge in [-0.25, -0.2) is 17.5 Å². The van der Waals surface area contributed by atoms with Gasteiger partial charge in [0, 0.05) is 19.7 Å². The Morgan fingerprint density at radius 3 is 2.32 bits per heavy atom. The number of esters is 1. The summed E-state index contributed by atoms with van der Waals surface area (Å²) in [7, 11) is -0.973. The summed E-state index contributed by atoms with van der Waals surface area (Å²) in [6.07, 6.45) is 0. The second kappa shape index (κ2) is 7.77. The first-order valence-corrected chi connectivity index (χ1v) is 9.02. The molecule has 0 aliphatic carbocycles. The van der Waals surface area contributed by atoms with Crippen LogP contribution in [0.4, 0.5) is 0 Å². The Morgan fingerprint density at radius 1 is 1.08 bits per heavy atom. The fourth-order valence-corrected chi connectivity index (χ4v) is 3.07. The Balaban J connectivity index is 2.18. The summed E-state index contributed by atoms with van der Waals surface area (Å²) in [6, 6.07) is 12.1. The molecule has 0 aliphatic rings. The van der Waals surface area contributed by atoms with Crippen molar-refractivity contribution < 1.29 is 22.7 Å². The van der Waals surface area contributed by atoms with Gasteiger partial charge in [0.25, 0.3) is 0 Å². The molecule has 132 valence electrons. The lowest BCUT2D eigenvalue weighted by atomic mass is 10.1. The zero-order valence-corrected chi connectivity index (χ0v) is 15.2. The molecule has 0 aliphatic heterocycles. The van der Waals surface area contributed by atoms with Crippen LogP contribution in [-0.4, -0.2) is 45.2 Å². The largest absolute Gasteiger partial charge is 0.454 e. The highest BCUT2D eigenvalue weighted by atomic mass is 35.5. The molecule has 0 unspecified atom stereocenters. The molecule has 0 saturated heterocycles. The first-order valence-electron chi connectivity index (χ1n) is 7.21. The summed E-state index contributed by atoms with van der Waals surface area (Å²) in [5.74, 6) is -1.24. The van der Waals surface area contributed by atoms with Crippen molar-refractivity contribution in [3.05, 3.63) is 64.7 Å². The van der Waals surface area contributed by atoms with Crippen molar-refractivity contribution in [3.8, 4) is 0 Å². The predicted octanol–water partition coefficient (Wildman–Crippen LogP) is 2.63. The van der Waals surface area contributed by atoms with E-state index in [4.69, 9.17) is 16.3 Å². The second-order valence-electron chi connectivity index (χ2n) is 5.29.